The summed E-state index contributed by atoms with van der Waals surface area (Å²) in [6.07, 6.45) is 6.13. The maximum Gasteiger partial charge on any atom is 0.177 e. The van der Waals surface area contributed by atoms with E-state index in [4.69, 9.17) is 9.47 Å². The molecule has 4 fully saturated rings. The van der Waals surface area contributed by atoms with Crippen LogP contribution in [0.3, 0.4) is 0 Å². The maximum atomic E-state index is 13.3. The van der Waals surface area contributed by atoms with Crippen molar-refractivity contribution < 1.29 is 29.6 Å². The van der Waals surface area contributed by atoms with Crippen LogP contribution in [0.4, 0.5) is 0 Å². The Bertz CT molecular complexity index is 987. The lowest BCUT2D eigenvalue weighted by atomic mass is 9.44. The van der Waals surface area contributed by atoms with E-state index in [2.05, 4.69) is 13.8 Å². The Labute approximate surface area is 202 Å². The van der Waals surface area contributed by atoms with Gasteiger partial charge in [-0.1, -0.05) is 19.4 Å². The molecule has 3 saturated carbocycles. The highest BCUT2D eigenvalue weighted by molar-refractivity contribution is 5.98. The quantitative estimate of drug-likeness (QED) is 0.421. The average molecular weight is 473 g/mol. The smallest absolute Gasteiger partial charge is 0.177 e. The molecular weight excluding hydrogens is 432 g/mol. The van der Waals surface area contributed by atoms with Gasteiger partial charge in [-0.15, -0.1) is 0 Å². The monoisotopic (exact) mass is 472 g/mol. The van der Waals surface area contributed by atoms with E-state index >= 15 is 0 Å². The first-order valence-corrected chi connectivity index (χ1v) is 13.2. The first-order chi connectivity index (χ1) is 15.9. The van der Waals surface area contributed by atoms with Gasteiger partial charge in [0, 0.05) is 5.92 Å². The Hall–Kier alpha value is -1.05. The average Bonchev–Trinajstić information content (AvgIpc) is 3.47. The second kappa shape index (κ2) is 7.04. The Morgan fingerprint density at radius 2 is 1.82 bits per heavy atom. The Balaban J connectivity index is 1.31. The number of aliphatic hydroxyl groups is 3. The molecule has 6 rings (SSSR count). The van der Waals surface area contributed by atoms with Crippen LogP contribution in [0, 0.1) is 34.5 Å². The summed E-state index contributed by atoms with van der Waals surface area (Å²) in [6.45, 7) is 10.3. The summed E-state index contributed by atoms with van der Waals surface area (Å²) in [5, 5.41) is 33.6. The van der Waals surface area contributed by atoms with Crippen molar-refractivity contribution in [3.63, 3.8) is 0 Å². The van der Waals surface area contributed by atoms with Crippen LogP contribution in [0.5, 0.6) is 0 Å². The molecule has 6 nitrogen and oxygen atoms in total. The third kappa shape index (κ3) is 2.52. The molecule has 4 aliphatic carbocycles. The molecule has 12 atom stereocenters. The zero-order valence-electron chi connectivity index (χ0n) is 21.1. The van der Waals surface area contributed by atoms with Gasteiger partial charge in [0.05, 0.1) is 23.2 Å². The molecule has 2 heterocycles. The molecule has 0 radical (unpaired) electrons. The number of ether oxygens (including phenoxy) is 2. The van der Waals surface area contributed by atoms with Crippen LogP contribution in [0.2, 0.25) is 0 Å². The number of carbonyl (C=O) groups is 1. The lowest BCUT2D eigenvalue weighted by molar-refractivity contribution is -0.206. The van der Waals surface area contributed by atoms with Gasteiger partial charge in [-0.05, 0) is 100 Å². The molecule has 2 aliphatic heterocycles. The van der Waals surface area contributed by atoms with Crippen LogP contribution in [-0.4, -0.2) is 56.9 Å². The molecule has 3 N–H and O–H groups in total. The molecule has 188 valence electrons. The number of epoxide rings is 1. The van der Waals surface area contributed by atoms with Gasteiger partial charge in [0.2, 0.25) is 0 Å². The zero-order chi connectivity index (χ0) is 24.4. The summed E-state index contributed by atoms with van der Waals surface area (Å²) in [5.74, 6) is 0.695. The van der Waals surface area contributed by atoms with Crippen LogP contribution >= 0.6 is 0 Å². The van der Waals surface area contributed by atoms with Crippen molar-refractivity contribution in [3.05, 3.63) is 23.3 Å². The summed E-state index contributed by atoms with van der Waals surface area (Å²) in [7, 11) is 0. The summed E-state index contributed by atoms with van der Waals surface area (Å²) in [4.78, 5) is 13.3. The lowest BCUT2D eigenvalue weighted by Crippen LogP contribution is -2.65. The molecule has 1 spiro atoms. The van der Waals surface area contributed by atoms with Gasteiger partial charge in [0.25, 0.3) is 0 Å². The van der Waals surface area contributed by atoms with E-state index in [1.807, 2.05) is 20.8 Å². The van der Waals surface area contributed by atoms with E-state index in [1.54, 1.807) is 12.2 Å². The van der Waals surface area contributed by atoms with E-state index in [-0.39, 0.29) is 41.2 Å². The molecular formula is C28H40O6. The SMILES string of the molecule is CC1=C(C)C(O)O[C@@H]([C@@H](C)[C@@]2(O)CC[C@H]3[C@@H]4C[C@H]5O[C@]56[C@@H](O)C=CC(=O)[C@]6(C)[C@H]4CC[C@@]32C)C1. The van der Waals surface area contributed by atoms with Crippen molar-refractivity contribution in [1.29, 1.82) is 0 Å². The predicted molar refractivity (Wildman–Crippen MR) is 126 cm³/mol. The summed E-state index contributed by atoms with van der Waals surface area (Å²) in [6, 6.07) is 0. The minimum atomic E-state index is -0.902. The highest BCUT2D eigenvalue weighted by Gasteiger charge is 2.80. The van der Waals surface area contributed by atoms with E-state index in [9.17, 15) is 20.1 Å². The zero-order valence-corrected chi connectivity index (χ0v) is 21.1. The van der Waals surface area contributed by atoms with Gasteiger partial charge < -0.3 is 24.8 Å². The Kier molecular flexibility index (Phi) is 4.83. The van der Waals surface area contributed by atoms with Crippen molar-refractivity contribution in [1.82, 2.24) is 0 Å². The molecule has 1 saturated heterocycles. The Morgan fingerprint density at radius 1 is 1.12 bits per heavy atom. The number of aliphatic hydroxyl groups excluding tert-OH is 2. The normalized spacial score (nSPS) is 56.9. The van der Waals surface area contributed by atoms with Gasteiger partial charge in [-0.3, -0.25) is 4.79 Å². The number of ketones is 1. The van der Waals surface area contributed by atoms with Crippen LogP contribution < -0.4 is 0 Å². The van der Waals surface area contributed by atoms with Gasteiger partial charge >= 0.3 is 0 Å². The van der Waals surface area contributed by atoms with Gasteiger partial charge in [0.1, 0.15) is 11.7 Å². The van der Waals surface area contributed by atoms with Crippen molar-refractivity contribution in [2.75, 3.05) is 0 Å². The minimum Gasteiger partial charge on any atom is -0.389 e. The molecule has 6 heteroatoms. The highest BCUT2D eigenvalue weighted by Crippen LogP contribution is 2.73. The summed E-state index contributed by atoms with van der Waals surface area (Å²) >= 11 is 0. The van der Waals surface area contributed by atoms with Crippen LogP contribution in [-0.2, 0) is 14.3 Å². The second-order valence-electron chi connectivity index (χ2n) is 12.8. The third-order valence-corrected chi connectivity index (χ3v) is 12.0. The first-order valence-electron chi connectivity index (χ1n) is 13.2. The molecule has 0 aromatic heterocycles. The standard InChI is InChI=1S/C28H40O6/c1-14-12-20(33-24(31)15(14)2)16(3)27(32)11-9-18-17-13-23-28(34-23)22(30)7-6-21(29)26(28,5)19(17)8-10-25(18,27)4/h6-7,16-20,22-24,30-32H,8-13H2,1-5H3/t16-,17+,18+,19+,20-,22+,23-,24?,25+,26+,27+,28-/m1/s1. The number of carbonyl (C=O) groups excluding carboxylic acids is 1. The molecule has 6 aliphatic rings. The van der Waals surface area contributed by atoms with E-state index in [0.717, 1.165) is 43.3 Å². The fraction of sp³-hybridized carbons (Fsp3) is 0.821. The molecule has 0 aromatic rings. The van der Waals surface area contributed by atoms with Crippen LogP contribution in [0.25, 0.3) is 0 Å². The van der Waals surface area contributed by atoms with Crippen LogP contribution in [0.1, 0.15) is 73.1 Å². The molecule has 0 amide bonds. The number of allylic oxidation sites excluding steroid dienone is 1. The fourth-order valence-electron chi connectivity index (χ4n) is 9.58. The molecule has 0 bridgehead atoms. The van der Waals surface area contributed by atoms with E-state index in [1.165, 1.54) is 0 Å². The van der Waals surface area contributed by atoms with Crippen molar-refractivity contribution >= 4 is 5.78 Å². The van der Waals surface area contributed by atoms with Gasteiger partial charge in [0.15, 0.2) is 12.1 Å². The van der Waals surface area contributed by atoms with E-state index in [0.29, 0.717) is 12.3 Å². The minimum absolute atomic E-state index is 0.0856. The Morgan fingerprint density at radius 3 is 2.53 bits per heavy atom. The fourth-order valence-corrected chi connectivity index (χ4v) is 9.58. The largest absolute Gasteiger partial charge is 0.389 e. The van der Waals surface area contributed by atoms with Crippen molar-refractivity contribution in [2.24, 2.45) is 34.5 Å². The maximum absolute atomic E-state index is 13.3. The lowest BCUT2D eigenvalue weighted by Gasteiger charge is -2.59. The topological polar surface area (TPSA) is 99.5 Å². The molecule has 1 unspecified atom stereocenters. The number of fused-ring (bicyclic) bond motifs is 4. The van der Waals surface area contributed by atoms with Crippen LogP contribution in [0.15, 0.2) is 23.3 Å². The number of rotatable bonds is 2. The highest BCUT2D eigenvalue weighted by atomic mass is 16.6. The third-order valence-electron chi connectivity index (χ3n) is 12.0. The van der Waals surface area contributed by atoms with Gasteiger partial charge in [-0.25, -0.2) is 0 Å². The van der Waals surface area contributed by atoms with Crippen molar-refractivity contribution in [2.45, 2.75) is 109 Å². The van der Waals surface area contributed by atoms with Crippen molar-refractivity contribution in [3.8, 4) is 0 Å². The number of hydrogen-bond donors (Lipinski definition) is 3. The summed E-state index contributed by atoms with van der Waals surface area (Å²) < 4.78 is 12.2. The summed E-state index contributed by atoms with van der Waals surface area (Å²) in [5.41, 5.74) is -0.629. The second-order valence-corrected chi connectivity index (χ2v) is 12.8. The molecule has 34 heavy (non-hydrogen) atoms. The predicted octanol–water partition coefficient (Wildman–Crippen LogP) is 3.29. The number of hydrogen-bond acceptors (Lipinski definition) is 6. The molecule has 0 aromatic carbocycles. The van der Waals surface area contributed by atoms with E-state index < -0.39 is 29.0 Å². The van der Waals surface area contributed by atoms with Gasteiger partial charge in [-0.2, -0.15) is 0 Å². The first kappa shape index (κ1) is 23.4.